The number of fused-ring (bicyclic) bond motifs is 2. The fourth-order valence-corrected chi connectivity index (χ4v) is 4.33. The van der Waals surface area contributed by atoms with Crippen molar-refractivity contribution in [1.82, 2.24) is 0 Å². The summed E-state index contributed by atoms with van der Waals surface area (Å²) in [6.45, 7) is 18.1. The lowest BCUT2D eigenvalue weighted by molar-refractivity contribution is 1.30. The first kappa shape index (κ1) is 15.1. The van der Waals surface area contributed by atoms with Gasteiger partial charge in [-0.1, -0.05) is 12.1 Å². The van der Waals surface area contributed by atoms with E-state index in [1.165, 1.54) is 66.1 Å². The zero-order valence-corrected chi connectivity index (χ0v) is 15.2. The molecule has 3 aromatic carbocycles. The SMILES string of the molecule is Cc1cc(C)c2c(C)c3c(C)c(C)cc(C)c3c(C)c2c1C. The van der Waals surface area contributed by atoms with Crippen LogP contribution in [0.3, 0.4) is 0 Å². The second-order valence-electron chi connectivity index (χ2n) is 7.02. The van der Waals surface area contributed by atoms with Crippen LogP contribution in [-0.2, 0) is 0 Å². The highest BCUT2D eigenvalue weighted by atomic mass is 14.2. The van der Waals surface area contributed by atoms with Gasteiger partial charge in [0.05, 0.1) is 0 Å². The molecule has 0 radical (unpaired) electrons. The van der Waals surface area contributed by atoms with Gasteiger partial charge < -0.3 is 0 Å². The highest BCUT2D eigenvalue weighted by molar-refractivity contribution is 6.10. The first-order valence-electron chi connectivity index (χ1n) is 8.15. The van der Waals surface area contributed by atoms with Gasteiger partial charge in [-0.25, -0.2) is 0 Å². The van der Waals surface area contributed by atoms with Gasteiger partial charge in [0.25, 0.3) is 0 Å². The largest absolute Gasteiger partial charge is 0.0555 e. The highest BCUT2D eigenvalue weighted by Crippen LogP contribution is 2.40. The first-order chi connectivity index (χ1) is 10.3. The van der Waals surface area contributed by atoms with E-state index in [0.29, 0.717) is 0 Å². The molecule has 3 rings (SSSR count). The van der Waals surface area contributed by atoms with Gasteiger partial charge in [-0.2, -0.15) is 0 Å². The van der Waals surface area contributed by atoms with Crippen LogP contribution in [0, 0.1) is 55.4 Å². The second-order valence-corrected chi connectivity index (χ2v) is 7.02. The summed E-state index contributed by atoms with van der Waals surface area (Å²) in [6.07, 6.45) is 0. The first-order valence-corrected chi connectivity index (χ1v) is 8.15. The van der Waals surface area contributed by atoms with E-state index in [0.717, 1.165) is 0 Å². The molecule has 0 aliphatic rings. The third-order valence-corrected chi connectivity index (χ3v) is 5.59. The lowest BCUT2D eigenvalue weighted by Gasteiger charge is -2.21. The van der Waals surface area contributed by atoms with Crippen LogP contribution in [0.15, 0.2) is 12.1 Å². The Morgan fingerprint density at radius 2 is 0.682 bits per heavy atom. The van der Waals surface area contributed by atoms with E-state index in [1.807, 2.05) is 0 Å². The van der Waals surface area contributed by atoms with Gasteiger partial charge in [0.15, 0.2) is 0 Å². The Hall–Kier alpha value is -1.82. The molecule has 3 aromatic rings. The highest BCUT2D eigenvalue weighted by Gasteiger charge is 2.17. The zero-order valence-electron chi connectivity index (χ0n) is 15.2. The van der Waals surface area contributed by atoms with E-state index < -0.39 is 0 Å². The van der Waals surface area contributed by atoms with E-state index >= 15 is 0 Å². The van der Waals surface area contributed by atoms with Crippen LogP contribution in [0.25, 0.3) is 21.5 Å². The van der Waals surface area contributed by atoms with Crippen molar-refractivity contribution in [3.8, 4) is 0 Å². The molecule has 0 unspecified atom stereocenters. The molecule has 0 nitrogen and oxygen atoms in total. The van der Waals surface area contributed by atoms with Crippen LogP contribution in [0.5, 0.6) is 0 Å². The fourth-order valence-electron chi connectivity index (χ4n) is 4.33. The maximum absolute atomic E-state index is 2.34. The molecule has 0 bridgehead atoms. The molecule has 0 aliphatic carbocycles. The minimum absolute atomic E-state index is 1.40. The van der Waals surface area contributed by atoms with Crippen molar-refractivity contribution in [2.75, 3.05) is 0 Å². The summed E-state index contributed by atoms with van der Waals surface area (Å²) in [7, 11) is 0. The molecule has 0 spiro atoms. The minimum Gasteiger partial charge on any atom is -0.0555 e. The molecule has 0 aromatic heterocycles. The molecule has 0 heterocycles. The number of hydrogen-bond donors (Lipinski definition) is 0. The summed E-state index contributed by atoms with van der Waals surface area (Å²) in [5.41, 5.74) is 11.3. The van der Waals surface area contributed by atoms with Gasteiger partial charge in [-0.3, -0.25) is 0 Å². The number of benzene rings is 3. The predicted molar refractivity (Wildman–Crippen MR) is 99.4 cm³/mol. The van der Waals surface area contributed by atoms with E-state index in [1.54, 1.807) is 0 Å². The van der Waals surface area contributed by atoms with Crippen molar-refractivity contribution >= 4 is 21.5 Å². The summed E-state index contributed by atoms with van der Waals surface area (Å²) in [4.78, 5) is 0. The van der Waals surface area contributed by atoms with Crippen LogP contribution in [0.1, 0.15) is 44.5 Å². The number of hydrogen-bond acceptors (Lipinski definition) is 0. The van der Waals surface area contributed by atoms with E-state index in [9.17, 15) is 0 Å². The summed E-state index contributed by atoms with van der Waals surface area (Å²) in [5, 5.41) is 5.85. The molecule has 0 N–H and O–H groups in total. The minimum atomic E-state index is 1.40. The molecule has 0 amide bonds. The van der Waals surface area contributed by atoms with Crippen molar-refractivity contribution in [1.29, 1.82) is 0 Å². The Morgan fingerprint density at radius 1 is 0.364 bits per heavy atom. The van der Waals surface area contributed by atoms with E-state index in [-0.39, 0.29) is 0 Å². The Kier molecular flexibility index (Phi) is 3.32. The van der Waals surface area contributed by atoms with Crippen molar-refractivity contribution in [2.24, 2.45) is 0 Å². The topological polar surface area (TPSA) is 0 Å². The quantitative estimate of drug-likeness (QED) is 0.417. The summed E-state index contributed by atoms with van der Waals surface area (Å²) >= 11 is 0. The Balaban J connectivity index is 2.78. The predicted octanol–water partition coefficient (Wildman–Crippen LogP) is 6.46. The van der Waals surface area contributed by atoms with Crippen molar-refractivity contribution in [3.05, 3.63) is 56.6 Å². The molecule has 114 valence electrons. The molecule has 0 atom stereocenters. The summed E-state index contributed by atoms with van der Waals surface area (Å²) in [5.74, 6) is 0. The average molecular weight is 290 g/mol. The molecule has 0 heteroatoms. The summed E-state index contributed by atoms with van der Waals surface area (Å²) in [6, 6.07) is 4.68. The average Bonchev–Trinajstić information content (AvgIpc) is 2.44. The molecule has 22 heavy (non-hydrogen) atoms. The smallest absolute Gasteiger partial charge is 0.0111 e. The van der Waals surface area contributed by atoms with Crippen molar-refractivity contribution in [3.63, 3.8) is 0 Å². The third kappa shape index (κ3) is 1.83. The van der Waals surface area contributed by atoms with Gasteiger partial charge in [-0.15, -0.1) is 0 Å². The zero-order chi connectivity index (χ0) is 16.3. The van der Waals surface area contributed by atoms with Crippen LogP contribution < -0.4 is 0 Å². The molecular formula is C22H26. The van der Waals surface area contributed by atoms with Gasteiger partial charge in [-0.05, 0) is 121 Å². The molecule has 0 fully saturated rings. The van der Waals surface area contributed by atoms with Gasteiger partial charge >= 0.3 is 0 Å². The number of rotatable bonds is 0. The molecule has 0 saturated heterocycles. The normalized spacial score (nSPS) is 11.6. The molecule has 0 saturated carbocycles. The lowest BCUT2D eigenvalue weighted by atomic mass is 9.83. The lowest BCUT2D eigenvalue weighted by Crippen LogP contribution is -1.99. The Morgan fingerprint density at radius 3 is 1.00 bits per heavy atom. The van der Waals surface area contributed by atoms with Crippen LogP contribution in [0.2, 0.25) is 0 Å². The Bertz CT molecular complexity index is 861. The molecule has 0 aliphatic heterocycles. The third-order valence-electron chi connectivity index (χ3n) is 5.59. The van der Waals surface area contributed by atoms with Crippen molar-refractivity contribution in [2.45, 2.75) is 55.4 Å². The van der Waals surface area contributed by atoms with Gasteiger partial charge in [0.2, 0.25) is 0 Å². The van der Waals surface area contributed by atoms with Crippen LogP contribution >= 0.6 is 0 Å². The maximum Gasteiger partial charge on any atom is -0.0111 e. The van der Waals surface area contributed by atoms with Crippen LogP contribution in [-0.4, -0.2) is 0 Å². The Labute approximate surface area is 134 Å². The van der Waals surface area contributed by atoms with E-state index in [4.69, 9.17) is 0 Å². The summed E-state index contributed by atoms with van der Waals surface area (Å²) < 4.78 is 0. The van der Waals surface area contributed by atoms with Crippen molar-refractivity contribution < 1.29 is 0 Å². The van der Waals surface area contributed by atoms with Crippen LogP contribution in [0.4, 0.5) is 0 Å². The van der Waals surface area contributed by atoms with Gasteiger partial charge in [0.1, 0.15) is 0 Å². The maximum atomic E-state index is 2.34. The fraction of sp³-hybridized carbons (Fsp3) is 0.364. The van der Waals surface area contributed by atoms with E-state index in [2.05, 4.69) is 67.5 Å². The molecular weight excluding hydrogens is 264 g/mol. The monoisotopic (exact) mass is 290 g/mol. The van der Waals surface area contributed by atoms with Gasteiger partial charge in [0, 0.05) is 0 Å². The standard InChI is InChI=1S/C22H26/c1-11-9-13(3)19-18(8)22-16(6)12(2)10-14(4)20(22)17(7)21(19)15(11)5/h9-10H,1-8H3. The number of aryl methyl sites for hydroxylation is 8. The second kappa shape index (κ2) is 4.84.